The van der Waals surface area contributed by atoms with Crippen molar-refractivity contribution in [1.29, 1.82) is 0 Å². The highest BCUT2D eigenvalue weighted by molar-refractivity contribution is 6.41. The normalized spacial score (nSPS) is 25.4. The van der Waals surface area contributed by atoms with E-state index in [2.05, 4.69) is 9.47 Å². The molecule has 0 fully saturated rings. The van der Waals surface area contributed by atoms with Gasteiger partial charge in [-0.05, 0) is 17.7 Å². The Balaban J connectivity index is 1.98. The summed E-state index contributed by atoms with van der Waals surface area (Å²) in [5.74, 6) is -3.62. The lowest BCUT2D eigenvalue weighted by Gasteiger charge is -2.24. The van der Waals surface area contributed by atoms with Gasteiger partial charge in [-0.3, -0.25) is 10.0 Å². The quantitative estimate of drug-likeness (QED) is 0.401. The largest absolute Gasteiger partial charge is 0.467 e. The third kappa shape index (κ3) is 1.68. The van der Waals surface area contributed by atoms with Crippen molar-refractivity contribution in [3.05, 3.63) is 28.5 Å². The molecule has 0 spiro atoms. The standard InChI is InChI=1S/C15H11NO9/c1-21-13(18)11-10-6-3-8-9(24-5-23-8)4-7(6)12(17)15(10,14(19)22-2)25-16(11)20/h3-4,10H,5H2,1-2H3/t10-,15+/m0/s1. The van der Waals surface area contributed by atoms with Crippen molar-refractivity contribution in [2.24, 2.45) is 0 Å². The molecule has 4 rings (SSSR count). The number of carbonyl (C=O) groups is 3. The number of fused-ring (bicyclic) bond motifs is 4. The second kappa shape index (κ2) is 4.85. The lowest BCUT2D eigenvalue weighted by molar-refractivity contribution is -0.743. The molecule has 0 unspecified atom stereocenters. The zero-order valence-corrected chi connectivity index (χ0v) is 13.1. The van der Waals surface area contributed by atoms with E-state index >= 15 is 0 Å². The van der Waals surface area contributed by atoms with E-state index < -0.39 is 35.0 Å². The van der Waals surface area contributed by atoms with Gasteiger partial charge in [-0.15, -0.1) is 0 Å². The molecule has 130 valence electrons. The van der Waals surface area contributed by atoms with Crippen molar-refractivity contribution in [2.45, 2.75) is 11.5 Å². The Morgan fingerprint density at radius 2 is 1.92 bits per heavy atom. The highest BCUT2D eigenvalue weighted by Crippen LogP contribution is 2.51. The number of ketones is 1. The van der Waals surface area contributed by atoms with E-state index in [0.29, 0.717) is 11.5 Å². The second-order valence-corrected chi connectivity index (χ2v) is 5.51. The summed E-state index contributed by atoms with van der Waals surface area (Å²) in [5, 5.41) is 12.1. The second-order valence-electron chi connectivity index (χ2n) is 5.51. The zero-order chi connectivity index (χ0) is 17.9. The SMILES string of the molecule is COC(=O)C1=[N+]([O-])O[C@@]2(C(=O)OC)C(=O)c3cc4c(cc3[C@@H]12)OCO4. The van der Waals surface area contributed by atoms with Crippen LogP contribution in [0.25, 0.3) is 0 Å². The number of nitrogens with zero attached hydrogens (tertiary/aromatic N) is 1. The Morgan fingerprint density at radius 3 is 2.56 bits per heavy atom. The average molecular weight is 349 g/mol. The molecule has 2 heterocycles. The fraction of sp³-hybridized carbons (Fsp3) is 0.333. The molecule has 2 aliphatic heterocycles. The Kier molecular flexibility index (Phi) is 2.96. The third-order valence-corrected chi connectivity index (χ3v) is 4.42. The minimum Gasteiger partial charge on any atom is -0.467 e. The van der Waals surface area contributed by atoms with Gasteiger partial charge >= 0.3 is 17.7 Å². The van der Waals surface area contributed by atoms with E-state index in [4.69, 9.17) is 14.3 Å². The number of rotatable bonds is 2. The molecule has 0 N–H and O–H groups in total. The molecular weight excluding hydrogens is 338 g/mol. The molecule has 1 aromatic rings. The van der Waals surface area contributed by atoms with E-state index in [1.54, 1.807) is 0 Å². The lowest BCUT2D eigenvalue weighted by atomic mass is 9.84. The molecule has 0 saturated heterocycles. The number of carbonyl (C=O) groups excluding carboxylic acids is 3. The summed E-state index contributed by atoms with van der Waals surface area (Å²) >= 11 is 0. The van der Waals surface area contributed by atoms with Crippen molar-refractivity contribution in [3.8, 4) is 11.5 Å². The topological polar surface area (TPSA) is 123 Å². The van der Waals surface area contributed by atoms with Gasteiger partial charge in [-0.25, -0.2) is 9.59 Å². The number of hydrogen-bond acceptors (Lipinski definition) is 9. The van der Waals surface area contributed by atoms with Gasteiger partial charge in [0.2, 0.25) is 6.79 Å². The molecule has 25 heavy (non-hydrogen) atoms. The summed E-state index contributed by atoms with van der Waals surface area (Å²) in [5.41, 5.74) is -2.55. The molecule has 0 bridgehead atoms. The van der Waals surface area contributed by atoms with Gasteiger partial charge in [0.25, 0.3) is 5.60 Å². The Labute approximate surface area is 140 Å². The van der Waals surface area contributed by atoms with Gasteiger partial charge in [0, 0.05) is 5.56 Å². The van der Waals surface area contributed by atoms with Crippen LogP contribution in [0.15, 0.2) is 12.1 Å². The van der Waals surface area contributed by atoms with Crippen LogP contribution in [-0.4, -0.2) is 54.9 Å². The van der Waals surface area contributed by atoms with Crippen LogP contribution >= 0.6 is 0 Å². The predicted octanol–water partition coefficient (Wildman–Crippen LogP) is -0.324. The first-order valence-corrected chi connectivity index (χ1v) is 7.14. The third-order valence-electron chi connectivity index (χ3n) is 4.42. The molecule has 1 aromatic carbocycles. The first kappa shape index (κ1) is 15.2. The molecule has 0 amide bonds. The van der Waals surface area contributed by atoms with Crippen molar-refractivity contribution in [1.82, 2.24) is 0 Å². The van der Waals surface area contributed by atoms with Gasteiger partial charge in [-0.1, -0.05) is 0 Å². The maximum absolute atomic E-state index is 12.9. The van der Waals surface area contributed by atoms with Gasteiger partial charge in [0.1, 0.15) is 5.92 Å². The summed E-state index contributed by atoms with van der Waals surface area (Å²) in [6.07, 6.45) is 0. The number of benzene rings is 1. The molecule has 10 heteroatoms. The smallest absolute Gasteiger partial charge is 0.405 e. The number of esters is 2. The molecule has 0 aromatic heterocycles. The van der Waals surface area contributed by atoms with E-state index in [9.17, 15) is 19.6 Å². The van der Waals surface area contributed by atoms with Crippen LogP contribution in [0, 0.1) is 5.21 Å². The van der Waals surface area contributed by atoms with Crippen molar-refractivity contribution in [3.63, 3.8) is 0 Å². The molecule has 2 atom stereocenters. The van der Waals surface area contributed by atoms with Crippen LogP contribution < -0.4 is 9.47 Å². The fourth-order valence-electron chi connectivity index (χ4n) is 3.36. The summed E-state index contributed by atoms with van der Waals surface area (Å²) in [6.45, 7) is -0.0308. The molecule has 1 aliphatic carbocycles. The van der Waals surface area contributed by atoms with E-state index in [1.807, 2.05) is 0 Å². The Bertz CT molecular complexity index is 874. The summed E-state index contributed by atoms with van der Waals surface area (Å²) in [4.78, 5) is 42.3. The van der Waals surface area contributed by atoms with Crippen LogP contribution in [0.4, 0.5) is 0 Å². The maximum atomic E-state index is 12.9. The lowest BCUT2D eigenvalue weighted by Crippen LogP contribution is -2.49. The number of methoxy groups -OCH3 is 2. The summed E-state index contributed by atoms with van der Waals surface area (Å²) in [6, 6.07) is 2.83. The summed E-state index contributed by atoms with van der Waals surface area (Å²) < 4.78 is 19.8. The minimum atomic E-state index is -2.32. The minimum absolute atomic E-state index is 0.0308. The Hall–Kier alpha value is -3.30. The molecular formula is C15H11NO9. The highest BCUT2D eigenvalue weighted by Gasteiger charge is 2.70. The molecule has 3 aliphatic rings. The number of Topliss-reactive ketones (excluding diaryl/α,β-unsaturated/α-hetero) is 1. The average Bonchev–Trinajstić information content (AvgIpc) is 3.25. The van der Waals surface area contributed by atoms with Crippen LogP contribution in [0.2, 0.25) is 0 Å². The number of ether oxygens (including phenoxy) is 4. The van der Waals surface area contributed by atoms with Crippen LogP contribution in [0.5, 0.6) is 11.5 Å². The van der Waals surface area contributed by atoms with Gasteiger partial charge in [0.05, 0.1) is 19.1 Å². The molecule has 10 nitrogen and oxygen atoms in total. The zero-order valence-electron chi connectivity index (χ0n) is 13.1. The molecule has 0 radical (unpaired) electrons. The van der Waals surface area contributed by atoms with Gasteiger partial charge in [0.15, 0.2) is 17.3 Å². The van der Waals surface area contributed by atoms with Crippen LogP contribution in [0.3, 0.4) is 0 Å². The monoisotopic (exact) mass is 349 g/mol. The van der Waals surface area contributed by atoms with Crippen molar-refractivity contribution < 1.29 is 43.1 Å². The predicted molar refractivity (Wildman–Crippen MR) is 76.1 cm³/mol. The first-order chi connectivity index (χ1) is 12.0. The van der Waals surface area contributed by atoms with Crippen molar-refractivity contribution in [2.75, 3.05) is 21.0 Å². The van der Waals surface area contributed by atoms with Gasteiger partial charge < -0.3 is 23.8 Å². The van der Waals surface area contributed by atoms with Crippen LogP contribution in [0.1, 0.15) is 21.8 Å². The number of hydrogen-bond donors (Lipinski definition) is 0. The molecule has 0 saturated carbocycles. The maximum Gasteiger partial charge on any atom is 0.405 e. The van der Waals surface area contributed by atoms with E-state index in [-0.39, 0.29) is 22.8 Å². The van der Waals surface area contributed by atoms with Crippen LogP contribution in [-0.2, 0) is 23.9 Å². The van der Waals surface area contributed by atoms with E-state index in [1.165, 1.54) is 12.1 Å². The Morgan fingerprint density at radius 1 is 1.24 bits per heavy atom. The highest BCUT2D eigenvalue weighted by atomic mass is 16.9. The fourth-order valence-corrected chi connectivity index (χ4v) is 3.36. The first-order valence-electron chi connectivity index (χ1n) is 7.14. The van der Waals surface area contributed by atoms with E-state index in [0.717, 1.165) is 14.2 Å². The summed E-state index contributed by atoms with van der Waals surface area (Å²) in [7, 11) is 2.11. The van der Waals surface area contributed by atoms with Gasteiger partial charge in [-0.2, -0.15) is 0 Å². The van der Waals surface area contributed by atoms with Crippen molar-refractivity contribution >= 4 is 23.4 Å².